The first-order chi connectivity index (χ1) is 5.16. The van der Waals surface area contributed by atoms with Gasteiger partial charge in [-0.15, -0.1) is 0 Å². The summed E-state index contributed by atoms with van der Waals surface area (Å²) in [6.45, 7) is 3.44. The van der Waals surface area contributed by atoms with E-state index in [9.17, 15) is 10.1 Å². The van der Waals surface area contributed by atoms with Crippen LogP contribution in [0.2, 0.25) is 6.82 Å². The molecule has 0 aliphatic carbocycles. The van der Waals surface area contributed by atoms with Crippen molar-refractivity contribution in [3.05, 3.63) is 22.1 Å². The zero-order valence-electron chi connectivity index (χ0n) is 6.31. The van der Waals surface area contributed by atoms with Gasteiger partial charge in [0.15, 0.2) is 5.82 Å². The molecule has 57 valence electrons. The first-order valence-electron chi connectivity index (χ1n) is 3.14. The third kappa shape index (κ3) is 1.24. The second-order valence-corrected chi connectivity index (χ2v) is 2.05. The van der Waals surface area contributed by atoms with Crippen molar-refractivity contribution in [2.24, 2.45) is 0 Å². The van der Waals surface area contributed by atoms with E-state index in [-0.39, 0.29) is 5.82 Å². The zero-order valence-corrected chi connectivity index (χ0v) is 6.31. The number of hydrogen-bond acceptors (Lipinski definition) is 3. The summed E-state index contributed by atoms with van der Waals surface area (Å²) in [5, 5.41) is 10.3. The zero-order chi connectivity index (χ0) is 8.43. The molecule has 5 nitrogen and oxygen atoms in total. The number of nitrogens with zero attached hydrogens (tertiary/aromatic N) is 3. The lowest BCUT2D eigenvalue weighted by atomic mass is 9.99. The van der Waals surface area contributed by atoms with Crippen LogP contribution in [-0.2, 0) is 0 Å². The smallest absolute Gasteiger partial charge is 0.358 e. The molecule has 0 atom stereocenters. The van der Waals surface area contributed by atoms with Crippen molar-refractivity contribution in [2.75, 3.05) is 0 Å². The minimum absolute atomic E-state index is 0.00463. The molecule has 0 spiro atoms. The predicted octanol–water partition coefficient (Wildman–Crippen LogP) is 0.615. The van der Waals surface area contributed by atoms with Crippen molar-refractivity contribution in [2.45, 2.75) is 13.7 Å². The van der Waals surface area contributed by atoms with Gasteiger partial charge in [-0.3, -0.25) is 4.48 Å². The summed E-state index contributed by atoms with van der Waals surface area (Å²) in [5.41, 5.74) is 0. The van der Waals surface area contributed by atoms with Crippen LogP contribution in [0.1, 0.15) is 5.82 Å². The molecule has 0 amide bonds. The van der Waals surface area contributed by atoms with E-state index in [1.165, 1.54) is 10.7 Å². The number of hydrogen-bond donors (Lipinski definition) is 0. The molecule has 6 heteroatoms. The second kappa shape index (κ2) is 2.73. The molecule has 0 aliphatic heterocycles. The molecule has 0 fully saturated rings. The molecule has 1 heterocycles. The Bertz CT molecular complexity index is 283. The predicted molar refractivity (Wildman–Crippen MR) is 40.6 cm³/mol. The molecule has 1 aromatic heterocycles. The highest BCUT2D eigenvalue weighted by atomic mass is 16.6. The van der Waals surface area contributed by atoms with Gasteiger partial charge in [0, 0.05) is 6.92 Å². The standard InChI is InChI=1S/C5H7BN3O2/c1-4-7-3-5(9(10)11)8(4)6-2/h3H,1-2H3. The summed E-state index contributed by atoms with van der Waals surface area (Å²) in [4.78, 5) is 13.7. The molecule has 0 saturated carbocycles. The first-order valence-corrected chi connectivity index (χ1v) is 3.14. The van der Waals surface area contributed by atoms with E-state index in [4.69, 9.17) is 0 Å². The van der Waals surface area contributed by atoms with Crippen LogP contribution in [-0.4, -0.2) is 21.8 Å². The Kier molecular flexibility index (Phi) is 1.93. The van der Waals surface area contributed by atoms with Crippen LogP contribution in [0.3, 0.4) is 0 Å². The molecule has 0 aliphatic rings. The van der Waals surface area contributed by atoms with Gasteiger partial charge in [-0.05, 0) is 11.7 Å². The van der Waals surface area contributed by atoms with Crippen LogP contribution in [0.5, 0.6) is 0 Å². The van der Waals surface area contributed by atoms with Crippen LogP contribution in [0.15, 0.2) is 6.20 Å². The van der Waals surface area contributed by atoms with Crippen LogP contribution in [0, 0.1) is 17.0 Å². The van der Waals surface area contributed by atoms with Crippen molar-refractivity contribution < 1.29 is 4.92 Å². The van der Waals surface area contributed by atoms with Gasteiger partial charge in [0.1, 0.15) is 6.20 Å². The van der Waals surface area contributed by atoms with Crippen molar-refractivity contribution in [3.63, 3.8) is 0 Å². The molecular formula is C5H7BN3O2. The monoisotopic (exact) mass is 152 g/mol. The third-order valence-electron chi connectivity index (χ3n) is 1.41. The maximum Gasteiger partial charge on any atom is 0.396 e. The number of aryl methyl sites for hydroxylation is 1. The molecule has 0 saturated heterocycles. The summed E-state index contributed by atoms with van der Waals surface area (Å²) in [5.74, 6) is 0.629. The number of rotatable bonds is 2. The lowest BCUT2D eigenvalue weighted by Crippen LogP contribution is -2.07. The van der Waals surface area contributed by atoms with Gasteiger partial charge in [-0.2, -0.15) is 0 Å². The van der Waals surface area contributed by atoms with Crippen molar-refractivity contribution in [3.8, 4) is 0 Å². The molecule has 0 unspecified atom stereocenters. The van der Waals surface area contributed by atoms with Gasteiger partial charge in [0.25, 0.3) is 0 Å². The summed E-state index contributed by atoms with van der Waals surface area (Å²) >= 11 is 0. The Morgan fingerprint density at radius 1 is 1.82 bits per heavy atom. The van der Waals surface area contributed by atoms with E-state index in [2.05, 4.69) is 4.98 Å². The Morgan fingerprint density at radius 2 is 2.45 bits per heavy atom. The van der Waals surface area contributed by atoms with Crippen molar-refractivity contribution in [1.82, 2.24) is 9.46 Å². The van der Waals surface area contributed by atoms with Crippen LogP contribution in [0.25, 0.3) is 0 Å². The highest BCUT2D eigenvalue weighted by Crippen LogP contribution is 2.10. The first kappa shape index (κ1) is 7.78. The lowest BCUT2D eigenvalue weighted by molar-refractivity contribution is -0.390. The molecule has 1 aromatic rings. The molecule has 0 bridgehead atoms. The number of nitro groups is 1. The van der Waals surface area contributed by atoms with E-state index in [1.807, 2.05) is 0 Å². The van der Waals surface area contributed by atoms with Gasteiger partial charge < -0.3 is 10.1 Å². The maximum absolute atomic E-state index is 10.3. The Morgan fingerprint density at radius 3 is 2.82 bits per heavy atom. The molecule has 0 N–H and O–H groups in total. The fraction of sp³-hybridized carbons (Fsp3) is 0.400. The largest absolute Gasteiger partial charge is 0.396 e. The molecule has 0 aromatic carbocycles. The molecule has 11 heavy (non-hydrogen) atoms. The summed E-state index contributed by atoms with van der Waals surface area (Å²) in [6.07, 6.45) is 1.25. The van der Waals surface area contributed by atoms with Gasteiger partial charge in [0.2, 0.25) is 0 Å². The van der Waals surface area contributed by atoms with Gasteiger partial charge in [-0.1, -0.05) is 0 Å². The van der Waals surface area contributed by atoms with Crippen molar-refractivity contribution >= 4 is 13.2 Å². The highest BCUT2D eigenvalue weighted by Gasteiger charge is 2.14. The van der Waals surface area contributed by atoms with Crippen LogP contribution < -0.4 is 0 Å². The fourth-order valence-electron chi connectivity index (χ4n) is 0.896. The minimum Gasteiger partial charge on any atom is -0.358 e. The Hall–Kier alpha value is -1.33. The number of aromatic nitrogens is 2. The summed E-state index contributed by atoms with van der Waals surface area (Å²) in [7, 11) is 1.61. The van der Waals surface area contributed by atoms with E-state index in [1.54, 1.807) is 21.2 Å². The molecule has 1 radical (unpaired) electrons. The lowest BCUT2D eigenvalue weighted by Gasteiger charge is -1.96. The third-order valence-corrected chi connectivity index (χ3v) is 1.41. The van der Waals surface area contributed by atoms with Gasteiger partial charge in [0.05, 0.1) is 0 Å². The quantitative estimate of drug-likeness (QED) is 0.354. The number of imidazole rings is 1. The molecular weight excluding hydrogens is 145 g/mol. The van der Waals surface area contributed by atoms with Crippen molar-refractivity contribution in [1.29, 1.82) is 0 Å². The van der Waals surface area contributed by atoms with E-state index < -0.39 is 4.92 Å². The normalized spacial score (nSPS) is 9.64. The van der Waals surface area contributed by atoms with Gasteiger partial charge >= 0.3 is 13.2 Å². The average Bonchev–Trinajstić information content (AvgIpc) is 2.30. The second-order valence-electron chi connectivity index (χ2n) is 2.05. The van der Waals surface area contributed by atoms with Crippen LogP contribution in [0.4, 0.5) is 5.82 Å². The maximum atomic E-state index is 10.3. The highest BCUT2D eigenvalue weighted by molar-refractivity contribution is 6.32. The van der Waals surface area contributed by atoms with E-state index in [0.29, 0.717) is 5.82 Å². The minimum atomic E-state index is -0.458. The fourth-order valence-corrected chi connectivity index (χ4v) is 0.896. The molecule has 1 rings (SSSR count). The van der Waals surface area contributed by atoms with Crippen LogP contribution >= 0.6 is 0 Å². The van der Waals surface area contributed by atoms with E-state index in [0.717, 1.165) is 0 Å². The van der Waals surface area contributed by atoms with E-state index >= 15 is 0 Å². The Balaban J connectivity index is 3.15. The SMILES string of the molecule is C[B]n1c([N+](=O)[O-])cnc1C. The summed E-state index contributed by atoms with van der Waals surface area (Å²) < 4.78 is 1.43. The summed E-state index contributed by atoms with van der Waals surface area (Å²) in [6, 6.07) is 0. The van der Waals surface area contributed by atoms with Gasteiger partial charge in [-0.25, -0.2) is 4.98 Å². The average molecular weight is 152 g/mol. The topological polar surface area (TPSA) is 61.0 Å². The Labute approximate surface area is 64.5 Å².